The number of hydrogen-bond donors (Lipinski definition) is 3. The van der Waals surface area contributed by atoms with Gasteiger partial charge in [-0.3, -0.25) is 4.98 Å². The molecule has 1 aliphatic carbocycles. The monoisotopic (exact) mass is 320 g/mol. The summed E-state index contributed by atoms with van der Waals surface area (Å²) in [6.45, 7) is 6.06. The molecule has 1 aromatic heterocycles. The van der Waals surface area contributed by atoms with Gasteiger partial charge in [0.1, 0.15) is 0 Å². The van der Waals surface area contributed by atoms with Crippen molar-refractivity contribution in [2.24, 2.45) is 11.7 Å². The second-order valence-corrected chi connectivity index (χ2v) is 7.12. The highest BCUT2D eigenvalue weighted by Gasteiger charge is 2.44. The molecular formula is C18H28N2O3. The third-order valence-electron chi connectivity index (χ3n) is 4.97. The molecule has 1 heterocycles. The molecule has 0 fully saturated rings. The number of nitrogens with zero attached hydrogens (tertiary/aromatic N) is 1. The number of aromatic nitrogens is 1. The van der Waals surface area contributed by atoms with Gasteiger partial charge in [-0.15, -0.1) is 0 Å². The zero-order valence-corrected chi connectivity index (χ0v) is 14.2. The molecule has 0 radical (unpaired) electrons. The summed E-state index contributed by atoms with van der Waals surface area (Å²) in [5.41, 5.74) is 7.13. The number of hydrogen-bond acceptors (Lipinski definition) is 4. The van der Waals surface area contributed by atoms with Gasteiger partial charge in [-0.25, -0.2) is 4.79 Å². The van der Waals surface area contributed by atoms with Crippen LogP contribution in [-0.4, -0.2) is 32.8 Å². The minimum atomic E-state index is -1.98. The molecule has 23 heavy (non-hydrogen) atoms. The molecular weight excluding hydrogens is 292 g/mol. The van der Waals surface area contributed by atoms with E-state index in [1.54, 1.807) is 6.20 Å². The lowest BCUT2D eigenvalue weighted by Gasteiger charge is -2.31. The van der Waals surface area contributed by atoms with Crippen LogP contribution in [0.3, 0.4) is 0 Å². The predicted octanol–water partition coefficient (Wildman–Crippen LogP) is 2.25. The summed E-state index contributed by atoms with van der Waals surface area (Å²) in [5.74, 6) is -0.655. The number of aliphatic hydroxyl groups is 1. The first kappa shape index (κ1) is 17.9. The summed E-state index contributed by atoms with van der Waals surface area (Å²) < 4.78 is 0. The van der Waals surface area contributed by atoms with Crippen molar-refractivity contribution in [3.05, 3.63) is 29.1 Å². The minimum Gasteiger partial charge on any atom is -0.479 e. The maximum absolute atomic E-state index is 11.7. The van der Waals surface area contributed by atoms with E-state index < -0.39 is 17.6 Å². The Balaban J connectivity index is 2.35. The van der Waals surface area contributed by atoms with Crippen molar-refractivity contribution in [2.75, 3.05) is 0 Å². The molecule has 2 unspecified atom stereocenters. The third-order valence-corrected chi connectivity index (χ3v) is 4.97. The maximum Gasteiger partial charge on any atom is 0.337 e. The van der Waals surface area contributed by atoms with E-state index >= 15 is 0 Å². The van der Waals surface area contributed by atoms with Gasteiger partial charge in [0.2, 0.25) is 0 Å². The van der Waals surface area contributed by atoms with Gasteiger partial charge in [-0.2, -0.15) is 0 Å². The van der Waals surface area contributed by atoms with Gasteiger partial charge in [0.15, 0.2) is 5.60 Å². The number of aryl methyl sites for hydroxylation is 1. The molecule has 0 saturated heterocycles. The molecule has 0 spiro atoms. The van der Waals surface area contributed by atoms with E-state index in [2.05, 4.69) is 11.9 Å². The Hall–Kier alpha value is -1.46. The first-order valence-electron chi connectivity index (χ1n) is 8.47. The smallest absolute Gasteiger partial charge is 0.337 e. The minimum absolute atomic E-state index is 0.0319. The number of pyridine rings is 1. The first-order valence-corrected chi connectivity index (χ1v) is 8.47. The Labute approximate surface area is 137 Å². The summed E-state index contributed by atoms with van der Waals surface area (Å²) in [6.07, 6.45) is 5.18. The number of carbonyl (C=O) groups is 1. The number of carboxylic acids is 1. The lowest BCUT2D eigenvalue weighted by molar-refractivity contribution is -0.161. The van der Waals surface area contributed by atoms with Gasteiger partial charge in [0, 0.05) is 24.4 Å². The van der Waals surface area contributed by atoms with E-state index in [-0.39, 0.29) is 12.3 Å². The number of fused-ring (bicyclic) bond motifs is 1. The highest BCUT2D eigenvalue weighted by atomic mass is 16.4. The van der Waals surface area contributed by atoms with E-state index in [0.717, 1.165) is 24.8 Å². The van der Waals surface area contributed by atoms with Crippen LogP contribution in [0.4, 0.5) is 0 Å². The second kappa shape index (κ2) is 6.97. The van der Waals surface area contributed by atoms with Crippen LogP contribution in [0.25, 0.3) is 0 Å². The number of carboxylic acid groups (broad SMARTS) is 1. The summed E-state index contributed by atoms with van der Waals surface area (Å²) >= 11 is 0. The maximum atomic E-state index is 11.7. The fourth-order valence-electron chi connectivity index (χ4n) is 3.62. The summed E-state index contributed by atoms with van der Waals surface area (Å²) in [5, 5.41) is 20.4. The molecule has 0 aromatic carbocycles. The quantitative estimate of drug-likeness (QED) is 0.716. The molecule has 1 aliphatic rings. The molecule has 0 amide bonds. The van der Waals surface area contributed by atoms with Gasteiger partial charge in [-0.1, -0.05) is 20.8 Å². The highest BCUT2D eigenvalue weighted by molar-refractivity contribution is 5.78. The molecule has 0 saturated carbocycles. The highest BCUT2D eigenvalue weighted by Crippen LogP contribution is 2.38. The summed E-state index contributed by atoms with van der Waals surface area (Å²) in [6, 6.07) is 1.18. The van der Waals surface area contributed by atoms with Crippen molar-refractivity contribution < 1.29 is 15.0 Å². The largest absolute Gasteiger partial charge is 0.479 e. The average molecular weight is 320 g/mol. The third kappa shape index (κ3) is 3.56. The molecule has 3 atom stereocenters. The van der Waals surface area contributed by atoms with Crippen molar-refractivity contribution in [1.82, 2.24) is 4.98 Å². The number of aliphatic carboxylic acids is 1. The Morgan fingerprint density at radius 1 is 1.52 bits per heavy atom. The summed E-state index contributed by atoms with van der Waals surface area (Å²) in [4.78, 5) is 16.1. The van der Waals surface area contributed by atoms with E-state index in [0.29, 0.717) is 18.0 Å². The van der Waals surface area contributed by atoms with Crippen LogP contribution in [0.15, 0.2) is 12.3 Å². The molecule has 4 N–H and O–H groups in total. The number of nitrogens with two attached hydrogens (primary N) is 1. The molecule has 128 valence electrons. The van der Waals surface area contributed by atoms with E-state index in [1.165, 1.54) is 5.56 Å². The average Bonchev–Trinajstić information content (AvgIpc) is 2.90. The van der Waals surface area contributed by atoms with Crippen LogP contribution in [0.2, 0.25) is 0 Å². The van der Waals surface area contributed by atoms with Gasteiger partial charge in [0.05, 0.1) is 0 Å². The van der Waals surface area contributed by atoms with Crippen molar-refractivity contribution in [2.45, 2.75) is 70.4 Å². The lowest BCUT2D eigenvalue weighted by atomic mass is 9.82. The molecule has 5 heteroatoms. The van der Waals surface area contributed by atoms with Crippen LogP contribution in [0, 0.1) is 5.92 Å². The predicted molar refractivity (Wildman–Crippen MR) is 89.3 cm³/mol. The van der Waals surface area contributed by atoms with Crippen LogP contribution in [0.5, 0.6) is 0 Å². The van der Waals surface area contributed by atoms with Crippen LogP contribution in [-0.2, 0) is 17.6 Å². The Bertz CT molecular complexity index is 573. The van der Waals surface area contributed by atoms with Crippen molar-refractivity contribution in [3.63, 3.8) is 0 Å². The Kier molecular flexibility index (Phi) is 5.42. The molecule has 1 aromatic rings. The Morgan fingerprint density at radius 3 is 2.78 bits per heavy atom. The second-order valence-electron chi connectivity index (χ2n) is 7.12. The Morgan fingerprint density at radius 2 is 2.22 bits per heavy atom. The molecule has 5 nitrogen and oxygen atoms in total. The van der Waals surface area contributed by atoms with Crippen LogP contribution in [0.1, 0.15) is 62.8 Å². The van der Waals surface area contributed by atoms with Gasteiger partial charge in [0.25, 0.3) is 0 Å². The van der Waals surface area contributed by atoms with Crippen molar-refractivity contribution in [1.29, 1.82) is 0 Å². The topological polar surface area (TPSA) is 96.4 Å². The van der Waals surface area contributed by atoms with E-state index in [1.807, 2.05) is 19.9 Å². The fourth-order valence-corrected chi connectivity index (χ4v) is 3.62. The number of rotatable bonds is 7. The first-order chi connectivity index (χ1) is 10.8. The fraction of sp³-hybridized carbons (Fsp3) is 0.667. The zero-order valence-electron chi connectivity index (χ0n) is 14.2. The van der Waals surface area contributed by atoms with Crippen molar-refractivity contribution in [3.8, 4) is 0 Å². The van der Waals surface area contributed by atoms with Crippen molar-refractivity contribution >= 4 is 5.97 Å². The van der Waals surface area contributed by atoms with Gasteiger partial charge in [-0.05, 0) is 54.7 Å². The van der Waals surface area contributed by atoms with Gasteiger partial charge < -0.3 is 15.9 Å². The molecule has 0 bridgehead atoms. The molecule has 0 aliphatic heterocycles. The summed E-state index contributed by atoms with van der Waals surface area (Å²) in [7, 11) is 0. The normalized spacial score (nSPS) is 21.0. The van der Waals surface area contributed by atoms with E-state index in [9.17, 15) is 15.0 Å². The molecule has 2 rings (SSSR count). The van der Waals surface area contributed by atoms with Gasteiger partial charge >= 0.3 is 5.97 Å². The van der Waals surface area contributed by atoms with Crippen LogP contribution < -0.4 is 5.73 Å². The standard InChI is InChI=1S/C18H28N2O3/c1-4-12-5-6-13-7-8-20-14(16(12)13)10-18(23,17(21)22)15(19)9-11(2)3/h7-8,11-12,15,23H,4-6,9-10,19H2,1-3H3,(H,21,22)/t12?,15-,18?/m0/s1. The lowest BCUT2D eigenvalue weighted by Crippen LogP contribution is -2.56. The SMILES string of the molecule is CCC1CCc2ccnc(CC(O)(C(=O)O)[C@@H](N)CC(C)C)c21. The van der Waals surface area contributed by atoms with Crippen LogP contribution >= 0.6 is 0 Å². The zero-order chi connectivity index (χ0) is 17.2. The van der Waals surface area contributed by atoms with E-state index in [4.69, 9.17) is 5.73 Å².